The molecule has 0 aromatic heterocycles. The zero-order valence-corrected chi connectivity index (χ0v) is 11.8. The second-order valence-electron chi connectivity index (χ2n) is 4.47. The van der Waals surface area contributed by atoms with Gasteiger partial charge >= 0.3 is 0 Å². The Labute approximate surface area is 111 Å². The minimum absolute atomic E-state index is 0.719. The monoisotopic (exact) mass is 301 g/mol. The molecule has 1 aliphatic carbocycles. The average molecular weight is 303 g/mol. The normalized spacial score (nSPS) is 23.4. The number of halogens is 2. The van der Waals surface area contributed by atoms with Gasteiger partial charge in [0.15, 0.2) is 0 Å². The number of hydrogen-bond acceptors (Lipinski definition) is 1. The second kappa shape index (κ2) is 5.52. The minimum atomic E-state index is 0.719. The van der Waals surface area contributed by atoms with Gasteiger partial charge in [0.05, 0.1) is 0 Å². The minimum Gasteiger partial charge on any atom is -0.316 e. The molecule has 0 amide bonds. The summed E-state index contributed by atoms with van der Waals surface area (Å²) in [4.78, 5) is 0. The maximum absolute atomic E-state index is 5.94. The topological polar surface area (TPSA) is 12.0 Å². The molecule has 0 saturated heterocycles. The molecule has 0 aliphatic heterocycles. The first-order valence-corrected chi connectivity index (χ1v) is 7.05. The van der Waals surface area contributed by atoms with Crippen LogP contribution in [-0.2, 0) is 0 Å². The van der Waals surface area contributed by atoms with E-state index in [1.165, 1.54) is 18.4 Å². The summed E-state index contributed by atoms with van der Waals surface area (Å²) in [7, 11) is 0. The molecule has 0 heterocycles. The van der Waals surface area contributed by atoms with Gasteiger partial charge in [-0.2, -0.15) is 0 Å². The summed E-state index contributed by atoms with van der Waals surface area (Å²) in [5.41, 5.74) is 1.41. The summed E-state index contributed by atoms with van der Waals surface area (Å²) >= 11 is 9.53. The van der Waals surface area contributed by atoms with Crippen LogP contribution in [0.4, 0.5) is 0 Å². The highest BCUT2D eigenvalue weighted by Gasteiger charge is 2.38. The van der Waals surface area contributed by atoms with Gasteiger partial charge in [0.2, 0.25) is 0 Å². The van der Waals surface area contributed by atoms with E-state index >= 15 is 0 Å². The number of rotatable bonds is 5. The standard InChI is InChI=1S/C13H17BrClN/c1-2-5-16-8-9-6-12(9)11-4-3-10(15)7-13(11)14/h3-4,7,9,12,16H,2,5-6,8H2,1H3. The highest BCUT2D eigenvalue weighted by molar-refractivity contribution is 9.10. The Balaban J connectivity index is 1.90. The highest BCUT2D eigenvalue weighted by Crippen LogP contribution is 2.49. The second-order valence-corrected chi connectivity index (χ2v) is 5.76. The van der Waals surface area contributed by atoms with Crippen LogP contribution in [0.5, 0.6) is 0 Å². The molecule has 3 heteroatoms. The van der Waals surface area contributed by atoms with Crippen molar-refractivity contribution in [2.45, 2.75) is 25.7 Å². The first kappa shape index (κ1) is 12.4. The van der Waals surface area contributed by atoms with Crippen molar-refractivity contribution in [3.63, 3.8) is 0 Å². The highest BCUT2D eigenvalue weighted by atomic mass is 79.9. The van der Waals surface area contributed by atoms with E-state index < -0.39 is 0 Å². The van der Waals surface area contributed by atoms with E-state index in [1.54, 1.807) is 0 Å². The zero-order valence-electron chi connectivity index (χ0n) is 9.47. The summed E-state index contributed by atoms with van der Waals surface area (Å²) in [5.74, 6) is 1.53. The lowest BCUT2D eigenvalue weighted by atomic mass is 10.1. The molecule has 1 aromatic carbocycles. The molecule has 0 bridgehead atoms. The van der Waals surface area contributed by atoms with Gasteiger partial charge < -0.3 is 5.32 Å². The van der Waals surface area contributed by atoms with Crippen molar-refractivity contribution in [1.82, 2.24) is 5.32 Å². The summed E-state index contributed by atoms with van der Waals surface area (Å²) < 4.78 is 1.16. The quantitative estimate of drug-likeness (QED) is 0.804. The molecule has 2 unspecified atom stereocenters. The van der Waals surface area contributed by atoms with Crippen LogP contribution in [0.25, 0.3) is 0 Å². The third-order valence-corrected chi connectivity index (χ3v) is 4.04. The SMILES string of the molecule is CCCNCC1CC1c1ccc(Cl)cc1Br. The molecule has 0 radical (unpaired) electrons. The van der Waals surface area contributed by atoms with Gasteiger partial charge in [0.25, 0.3) is 0 Å². The summed E-state index contributed by atoms with van der Waals surface area (Å²) in [6, 6.07) is 6.12. The van der Waals surface area contributed by atoms with E-state index in [1.807, 2.05) is 12.1 Å². The Kier molecular flexibility index (Phi) is 4.28. The third kappa shape index (κ3) is 2.99. The molecule has 2 atom stereocenters. The Bertz CT molecular complexity index is 367. The largest absolute Gasteiger partial charge is 0.316 e. The fourth-order valence-corrected chi connectivity index (χ4v) is 3.10. The number of benzene rings is 1. The van der Waals surface area contributed by atoms with Gasteiger partial charge in [-0.05, 0) is 55.5 Å². The molecule has 1 aliphatic rings. The number of hydrogen-bond donors (Lipinski definition) is 1. The number of nitrogens with one attached hydrogen (secondary N) is 1. The molecule has 1 fully saturated rings. The molecule has 88 valence electrons. The van der Waals surface area contributed by atoms with E-state index in [-0.39, 0.29) is 0 Å². The first-order valence-electron chi connectivity index (χ1n) is 5.88. The third-order valence-electron chi connectivity index (χ3n) is 3.12. The summed E-state index contributed by atoms with van der Waals surface area (Å²) in [6.07, 6.45) is 2.51. The summed E-state index contributed by atoms with van der Waals surface area (Å²) in [5, 5.41) is 4.29. The Morgan fingerprint density at radius 2 is 2.31 bits per heavy atom. The molecular weight excluding hydrogens is 286 g/mol. The molecule has 1 N–H and O–H groups in total. The van der Waals surface area contributed by atoms with Crippen molar-refractivity contribution in [2.24, 2.45) is 5.92 Å². The molecule has 0 spiro atoms. The zero-order chi connectivity index (χ0) is 11.5. The first-order chi connectivity index (χ1) is 7.72. The summed E-state index contributed by atoms with van der Waals surface area (Å²) in [6.45, 7) is 4.48. The van der Waals surface area contributed by atoms with Crippen LogP contribution in [0, 0.1) is 5.92 Å². The van der Waals surface area contributed by atoms with Crippen LogP contribution in [0.15, 0.2) is 22.7 Å². The van der Waals surface area contributed by atoms with Crippen LogP contribution >= 0.6 is 27.5 Å². The predicted molar refractivity (Wildman–Crippen MR) is 73.2 cm³/mol. The molecule has 2 rings (SSSR count). The molecule has 1 nitrogen and oxygen atoms in total. The van der Waals surface area contributed by atoms with Crippen molar-refractivity contribution in [1.29, 1.82) is 0 Å². The average Bonchev–Trinajstić information content (AvgIpc) is 2.98. The van der Waals surface area contributed by atoms with E-state index in [0.29, 0.717) is 0 Å². The van der Waals surface area contributed by atoms with Crippen LogP contribution in [0.1, 0.15) is 31.2 Å². The van der Waals surface area contributed by atoms with Gasteiger partial charge in [-0.25, -0.2) is 0 Å². The molecule has 1 saturated carbocycles. The van der Waals surface area contributed by atoms with Crippen LogP contribution in [-0.4, -0.2) is 13.1 Å². The van der Waals surface area contributed by atoms with Crippen molar-refractivity contribution in [3.05, 3.63) is 33.3 Å². The van der Waals surface area contributed by atoms with E-state index in [2.05, 4.69) is 34.2 Å². The lowest BCUT2D eigenvalue weighted by Gasteiger charge is -2.05. The Hall–Kier alpha value is -0.0500. The van der Waals surface area contributed by atoms with Crippen molar-refractivity contribution >= 4 is 27.5 Å². The predicted octanol–water partition coefficient (Wildman–Crippen LogP) is 4.21. The lowest BCUT2D eigenvalue weighted by molar-refractivity contribution is 0.620. The van der Waals surface area contributed by atoms with Gasteiger partial charge in [-0.3, -0.25) is 0 Å². The fourth-order valence-electron chi connectivity index (χ4n) is 2.12. The van der Waals surface area contributed by atoms with Crippen LogP contribution in [0.3, 0.4) is 0 Å². The van der Waals surface area contributed by atoms with Crippen molar-refractivity contribution in [2.75, 3.05) is 13.1 Å². The smallest absolute Gasteiger partial charge is 0.0417 e. The van der Waals surface area contributed by atoms with Crippen molar-refractivity contribution in [3.8, 4) is 0 Å². The van der Waals surface area contributed by atoms with Gasteiger partial charge in [-0.15, -0.1) is 0 Å². The maximum atomic E-state index is 5.94. The Morgan fingerprint density at radius 3 is 3.00 bits per heavy atom. The maximum Gasteiger partial charge on any atom is 0.0417 e. The van der Waals surface area contributed by atoms with Gasteiger partial charge in [-0.1, -0.05) is 40.5 Å². The van der Waals surface area contributed by atoms with E-state index in [0.717, 1.165) is 34.4 Å². The Morgan fingerprint density at radius 1 is 1.50 bits per heavy atom. The molecule has 16 heavy (non-hydrogen) atoms. The molecular formula is C13H17BrClN. The van der Waals surface area contributed by atoms with Gasteiger partial charge in [0, 0.05) is 9.50 Å². The molecule has 1 aromatic rings. The fraction of sp³-hybridized carbons (Fsp3) is 0.538. The van der Waals surface area contributed by atoms with Crippen LogP contribution in [0.2, 0.25) is 5.02 Å². The van der Waals surface area contributed by atoms with E-state index in [9.17, 15) is 0 Å². The lowest BCUT2D eigenvalue weighted by Crippen LogP contribution is -2.17. The van der Waals surface area contributed by atoms with Gasteiger partial charge in [0.1, 0.15) is 0 Å². The van der Waals surface area contributed by atoms with Crippen LogP contribution < -0.4 is 5.32 Å². The van der Waals surface area contributed by atoms with E-state index in [4.69, 9.17) is 11.6 Å². The van der Waals surface area contributed by atoms with Crippen molar-refractivity contribution < 1.29 is 0 Å².